The van der Waals surface area contributed by atoms with E-state index in [9.17, 15) is 15.2 Å². The summed E-state index contributed by atoms with van der Waals surface area (Å²) >= 11 is 1.33. The van der Waals surface area contributed by atoms with Gasteiger partial charge in [-0.15, -0.1) is 0 Å². The number of aliphatic hydroxyl groups is 1. The molecule has 0 amide bonds. The van der Waals surface area contributed by atoms with Gasteiger partial charge >= 0.3 is 0 Å². The van der Waals surface area contributed by atoms with Gasteiger partial charge in [-0.05, 0) is 29.3 Å². The standard InChI is InChI=1S/C22H15N3O3S/c26-13-14-6-7-16(18(12-14)25(27)28)20-23-17-8-9-19(24-21(17)29-20)22(10-11-22)15-4-2-1-3-5-15/h1-12,26H,13H2. The minimum Gasteiger partial charge on any atom is -0.392 e. The van der Waals surface area contributed by atoms with Gasteiger partial charge in [0.2, 0.25) is 0 Å². The van der Waals surface area contributed by atoms with Crippen molar-refractivity contribution in [1.29, 1.82) is 0 Å². The molecule has 7 heteroatoms. The van der Waals surface area contributed by atoms with Crippen molar-refractivity contribution in [3.63, 3.8) is 0 Å². The topological polar surface area (TPSA) is 89.2 Å². The second-order valence-corrected chi connectivity index (χ2v) is 7.85. The first-order chi connectivity index (χ1) is 14.1. The van der Waals surface area contributed by atoms with E-state index in [-0.39, 0.29) is 17.7 Å². The van der Waals surface area contributed by atoms with Crippen LogP contribution in [-0.2, 0) is 12.0 Å². The molecule has 0 aliphatic heterocycles. The molecule has 0 fully saturated rings. The zero-order valence-electron chi connectivity index (χ0n) is 15.1. The molecule has 2 aromatic heterocycles. The summed E-state index contributed by atoms with van der Waals surface area (Å²) in [6.07, 6.45) is 4.24. The third kappa shape index (κ3) is 2.91. The van der Waals surface area contributed by atoms with Gasteiger partial charge in [0, 0.05) is 6.07 Å². The molecule has 0 unspecified atom stereocenters. The predicted molar refractivity (Wildman–Crippen MR) is 112 cm³/mol. The number of hydrogen-bond acceptors (Lipinski definition) is 6. The van der Waals surface area contributed by atoms with E-state index in [1.807, 2.05) is 30.3 Å². The van der Waals surface area contributed by atoms with E-state index < -0.39 is 4.92 Å². The van der Waals surface area contributed by atoms with Crippen molar-refractivity contribution in [2.75, 3.05) is 0 Å². The molecule has 0 atom stereocenters. The minimum absolute atomic E-state index is 0.0690. The lowest BCUT2D eigenvalue weighted by atomic mass is 9.89. The average Bonchev–Trinajstić information content (AvgIpc) is 3.46. The molecule has 142 valence electrons. The number of aromatic nitrogens is 2. The van der Waals surface area contributed by atoms with Gasteiger partial charge in [0.05, 0.1) is 28.2 Å². The summed E-state index contributed by atoms with van der Waals surface area (Å²) in [5.41, 5.74) is 3.35. The monoisotopic (exact) mass is 401 g/mol. The van der Waals surface area contributed by atoms with E-state index in [0.29, 0.717) is 21.7 Å². The Hall–Kier alpha value is -3.42. The van der Waals surface area contributed by atoms with Crippen molar-refractivity contribution in [2.24, 2.45) is 0 Å². The first kappa shape index (κ1) is 17.7. The maximum Gasteiger partial charge on any atom is 0.279 e. The van der Waals surface area contributed by atoms with E-state index in [2.05, 4.69) is 29.3 Å². The van der Waals surface area contributed by atoms with Crippen molar-refractivity contribution in [3.05, 3.63) is 99.8 Å². The molecule has 5 rings (SSSR count). The van der Waals surface area contributed by atoms with E-state index in [1.165, 1.54) is 17.4 Å². The predicted octanol–water partition coefficient (Wildman–Crippen LogP) is 4.61. The zero-order valence-corrected chi connectivity index (χ0v) is 16.0. The van der Waals surface area contributed by atoms with Gasteiger partial charge in [-0.2, -0.15) is 0 Å². The Morgan fingerprint density at radius 2 is 1.83 bits per heavy atom. The fourth-order valence-corrected chi connectivity index (χ4v) is 4.45. The number of benzene rings is 2. The molecule has 2 heterocycles. The van der Waals surface area contributed by atoms with Gasteiger partial charge in [-0.1, -0.05) is 59.9 Å². The number of aliphatic hydroxyl groups excluding tert-OH is 1. The lowest BCUT2D eigenvalue weighted by molar-refractivity contribution is -0.384. The number of nitro groups is 1. The first-order valence-electron chi connectivity index (χ1n) is 9.03. The SMILES string of the molecule is O=[N+]([O-])c1cc(CO)ccc1-c1nc2ccc(C3(c4ccccc4)C=C3)nc2s1. The Morgan fingerprint density at radius 3 is 2.52 bits per heavy atom. The molecule has 2 aromatic carbocycles. The molecule has 29 heavy (non-hydrogen) atoms. The van der Waals surface area contributed by atoms with Crippen LogP contribution >= 0.6 is 11.3 Å². The highest BCUT2D eigenvalue weighted by atomic mass is 32.1. The van der Waals surface area contributed by atoms with E-state index in [4.69, 9.17) is 4.98 Å². The molecule has 1 aliphatic rings. The van der Waals surface area contributed by atoms with Crippen LogP contribution in [0.2, 0.25) is 0 Å². The zero-order chi connectivity index (χ0) is 20.0. The van der Waals surface area contributed by atoms with E-state index in [1.54, 1.807) is 12.1 Å². The van der Waals surface area contributed by atoms with E-state index >= 15 is 0 Å². The highest BCUT2D eigenvalue weighted by molar-refractivity contribution is 7.21. The molecular formula is C22H15N3O3S. The fourth-order valence-electron chi connectivity index (χ4n) is 3.48. The van der Waals surface area contributed by atoms with Crippen LogP contribution in [-0.4, -0.2) is 20.0 Å². The van der Waals surface area contributed by atoms with Crippen molar-refractivity contribution in [3.8, 4) is 10.6 Å². The van der Waals surface area contributed by atoms with Crippen LogP contribution < -0.4 is 0 Å². The molecule has 0 saturated carbocycles. The van der Waals surface area contributed by atoms with Gasteiger partial charge in [-0.25, -0.2) is 9.97 Å². The van der Waals surface area contributed by atoms with Crippen molar-refractivity contribution >= 4 is 27.4 Å². The summed E-state index contributed by atoms with van der Waals surface area (Å²) in [4.78, 5) is 21.2. The van der Waals surface area contributed by atoms with Crippen LogP contribution in [0.4, 0.5) is 5.69 Å². The molecule has 0 radical (unpaired) electrons. The normalized spacial score (nSPS) is 14.2. The average molecular weight is 401 g/mol. The van der Waals surface area contributed by atoms with Gasteiger partial charge in [0.25, 0.3) is 5.69 Å². The lowest BCUT2D eigenvalue weighted by Gasteiger charge is -2.15. The summed E-state index contributed by atoms with van der Waals surface area (Å²) in [6, 6.07) is 18.7. The number of nitro benzene ring substituents is 1. The smallest absolute Gasteiger partial charge is 0.279 e. The minimum atomic E-state index is -0.446. The highest BCUT2D eigenvalue weighted by Crippen LogP contribution is 2.45. The number of allylic oxidation sites excluding steroid dienone is 2. The Kier molecular flexibility index (Phi) is 4.01. The van der Waals surface area contributed by atoms with Gasteiger partial charge in [0.1, 0.15) is 15.4 Å². The molecule has 1 N–H and O–H groups in total. The maximum absolute atomic E-state index is 11.5. The molecule has 6 nitrogen and oxygen atoms in total. The Balaban J connectivity index is 1.59. The van der Waals surface area contributed by atoms with Crippen LogP contribution in [0.15, 0.2) is 72.8 Å². The quantitative estimate of drug-likeness (QED) is 0.300. The van der Waals surface area contributed by atoms with Gasteiger partial charge in [0.15, 0.2) is 0 Å². The Bertz CT molecular complexity index is 1280. The number of rotatable bonds is 5. The Labute approximate surface area is 170 Å². The van der Waals surface area contributed by atoms with Crippen molar-refractivity contribution in [1.82, 2.24) is 9.97 Å². The van der Waals surface area contributed by atoms with Crippen LogP contribution in [0.25, 0.3) is 20.9 Å². The molecule has 0 spiro atoms. The van der Waals surface area contributed by atoms with Crippen LogP contribution in [0.3, 0.4) is 0 Å². The lowest BCUT2D eigenvalue weighted by Crippen LogP contribution is -2.12. The third-order valence-corrected chi connectivity index (χ3v) is 6.10. The molecule has 1 aliphatic carbocycles. The summed E-state index contributed by atoms with van der Waals surface area (Å²) in [5, 5.41) is 21.3. The maximum atomic E-state index is 11.5. The molecular weight excluding hydrogens is 386 g/mol. The second kappa shape index (κ2) is 6.58. The summed E-state index contributed by atoms with van der Waals surface area (Å²) in [6.45, 7) is -0.250. The fraction of sp³-hybridized carbons (Fsp3) is 0.0909. The Morgan fingerprint density at radius 1 is 1.03 bits per heavy atom. The second-order valence-electron chi connectivity index (χ2n) is 6.87. The highest BCUT2D eigenvalue weighted by Gasteiger charge is 2.39. The van der Waals surface area contributed by atoms with Crippen molar-refractivity contribution < 1.29 is 10.0 Å². The van der Waals surface area contributed by atoms with Crippen LogP contribution in [0.5, 0.6) is 0 Å². The third-order valence-electron chi connectivity index (χ3n) is 5.10. The largest absolute Gasteiger partial charge is 0.392 e. The summed E-state index contributed by atoms with van der Waals surface area (Å²) < 4.78 is 0. The number of thiazole rings is 1. The van der Waals surface area contributed by atoms with Gasteiger partial charge < -0.3 is 5.11 Å². The summed E-state index contributed by atoms with van der Waals surface area (Å²) in [5.74, 6) is 0. The van der Waals surface area contributed by atoms with Crippen LogP contribution in [0, 0.1) is 10.1 Å². The number of pyridine rings is 1. The number of nitrogens with zero attached hydrogens (tertiary/aromatic N) is 3. The van der Waals surface area contributed by atoms with Crippen LogP contribution in [0.1, 0.15) is 16.8 Å². The number of fused-ring (bicyclic) bond motifs is 1. The first-order valence-corrected chi connectivity index (χ1v) is 9.85. The molecule has 0 saturated heterocycles. The molecule has 0 bridgehead atoms. The van der Waals surface area contributed by atoms with Gasteiger partial charge in [-0.3, -0.25) is 10.1 Å². The number of hydrogen-bond donors (Lipinski definition) is 1. The molecule has 4 aromatic rings. The van der Waals surface area contributed by atoms with Crippen molar-refractivity contribution in [2.45, 2.75) is 12.0 Å². The van der Waals surface area contributed by atoms with E-state index in [0.717, 1.165) is 16.1 Å². The summed E-state index contributed by atoms with van der Waals surface area (Å²) in [7, 11) is 0.